The van der Waals surface area contributed by atoms with E-state index in [1.54, 1.807) is 7.05 Å². The van der Waals surface area contributed by atoms with E-state index in [2.05, 4.69) is 22.4 Å². The van der Waals surface area contributed by atoms with Crippen LogP contribution in [0.2, 0.25) is 0 Å². The molecule has 1 saturated heterocycles. The molecule has 0 bridgehead atoms. The second-order valence-corrected chi connectivity index (χ2v) is 4.87. The van der Waals surface area contributed by atoms with E-state index in [9.17, 15) is 18.0 Å². The van der Waals surface area contributed by atoms with Gasteiger partial charge in [0, 0.05) is 25.9 Å². The minimum Gasteiger partial charge on any atom is -0.345 e. The number of halogens is 3. The van der Waals surface area contributed by atoms with Gasteiger partial charge in [0.2, 0.25) is 5.91 Å². The van der Waals surface area contributed by atoms with E-state index < -0.39 is 11.7 Å². The quantitative estimate of drug-likeness (QED) is 0.619. The Bertz CT molecular complexity index is 594. The monoisotopic (exact) mass is 300 g/mol. The molecule has 0 saturated carbocycles. The number of carbonyl (C=O) groups excluding carboxylic acids is 1. The number of thiocarbonyl (C=S) groups is 1. The van der Waals surface area contributed by atoms with Crippen LogP contribution in [0.25, 0.3) is 0 Å². The summed E-state index contributed by atoms with van der Waals surface area (Å²) in [7, 11) is 1.63. The zero-order valence-corrected chi connectivity index (χ0v) is 11.4. The van der Waals surface area contributed by atoms with Gasteiger partial charge in [-0.3, -0.25) is 4.79 Å². The van der Waals surface area contributed by atoms with Crippen LogP contribution in [-0.4, -0.2) is 29.6 Å². The predicted molar refractivity (Wildman–Crippen MR) is 71.1 cm³/mol. The topological polar surface area (TPSA) is 32.7 Å². The highest BCUT2D eigenvalue weighted by molar-refractivity contribution is 7.78. The first-order valence-corrected chi connectivity index (χ1v) is 6.26. The number of amides is 1. The van der Waals surface area contributed by atoms with Crippen LogP contribution in [-0.2, 0) is 11.0 Å². The maximum absolute atomic E-state index is 12.9. The molecular formula is C13H11F3N2OS. The molecule has 1 atom stereocenters. The zero-order chi connectivity index (χ0) is 14.9. The van der Waals surface area contributed by atoms with Crippen LogP contribution in [0.15, 0.2) is 23.2 Å². The number of isothiocyanates is 1. The second kappa shape index (κ2) is 5.34. The molecule has 1 aliphatic heterocycles. The fraction of sp³-hybridized carbons (Fsp3) is 0.385. The van der Waals surface area contributed by atoms with Crippen LogP contribution in [0.5, 0.6) is 0 Å². The van der Waals surface area contributed by atoms with Crippen LogP contribution < -0.4 is 0 Å². The van der Waals surface area contributed by atoms with Crippen molar-refractivity contribution in [3.05, 3.63) is 29.3 Å². The Morgan fingerprint density at radius 3 is 2.60 bits per heavy atom. The molecule has 2 rings (SSSR count). The van der Waals surface area contributed by atoms with E-state index in [0.29, 0.717) is 12.1 Å². The Morgan fingerprint density at radius 1 is 1.40 bits per heavy atom. The van der Waals surface area contributed by atoms with Crippen LogP contribution in [0.1, 0.15) is 23.5 Å². The molecule has 0 aliphatic carbocycles. The molecule has 0 N–H and O–H groups in total. The number of aliphatic imine (C=N–C) groups is 1. The van der Waals surface area contributed by atoms with Gasteiger partial charge >= 0.3 is 6.18 Å². The third kappa shape index (κ3) is 3.05. The van der Waals surface area contributed by atoms with Crippen molar-refractivity contribution in [2.45, 2.75) is 18.5 Å². The number of nitrogens with zero attached hydrogens (tertiary/aromatic N) is 2. The Labute approximate surface area is 119 Å². The van der Waals surface area contributed by atoms with Crippen molar-refractivity contribution in [1.82, 2.24) is 4.90 Å². The van der Waals surface area contributed by atoms with Gasteiger partial charge in [0.15, 0.2) is 0 Å². The van der Waals surface area contributed by atoms with Crippen LogP contribution in [0.4, 0.5) is 18.9 Å². The van der Waals surface area contributed by atoms with E-state index in [4.69, 9.17) is 0 Å². The number of hydrogen-bond acceptors (Lipinski definition) is 3. The SMILES string of the molecule is CN1CC(c2cc(N=C=S)cc(C(F)(F)F)c2)CC1=O. The van der Waals surface area contributed by atoms with Gasteiger partial charge < -0.3 is 4.90 Å². The molecular weight excluding hydrogens is 289 g/mol. The van der Waals surface area contributed by atoms with Crippen molar-refractivity contribution in [2.75, 3.05) is 13.6 Å². The fourth-order valence-electron chi connectivity index (χ4n) is 2.24. The lowest BCUT2D eigenvalue weighted by atomic mass is 9.95. The lowest BCUT2D eigenvalue weighted by molar-refractivity contribution is -0.137. The second-order valence-electron chi connectivity index (χ2n) is 4.69. The predicted octanol–water partition coefficient (Wildman–Crippen LogP) is 3.39. The molecule has 1 unspecified atom stereocenters. The Hall–Kier alpha value is -1.72. The highest BCUT2D eigenvalue weighted by Crippen LogP contribution is 2.36. The maximum Gasteiger partial charge on any atom is 0.416 e. The fourth-order valence-corrected chi connectivity index (χ4v) is 2.34. The number of rotatable bonds is 2. The van der Waals surface area contributed by atoms with Crippen molar-refractivity contribution in [1.29, 1.82) is 0 Å². The van der Waals surface area contributed by atoms with Crippen LogP contribution in [0, 0.1) is 0 Å². The van der Waals surface area contributed by atoms with E-state index in [1.807, 2.05) is 0 Å². The molecule has 1 aliphatic rings. The number of alkyl halides is 3. The van der Waals surface area contributed by atoms with Gasteiger partial charge in [0.1, 0.15) is 0 Å². The third-order valence-corrected chi connectivity index (χ3v) is 3.35. The van der Waals surface area contributed by atoms with Crippen molar-refractivity contribution in [2.24, 2.45) is 4.99 Å². The van der Waals surface area contributed by atoms with Crippen molar-refractivity contribution in [3.63, 3.8) is 0 Å². The number of carbonyl (C=O) groups is 1. The zero-order valence-electron chi connectivity index (χ0n) is 10.6. The molecule has 7 heteroatoms. The van der Waals surface area contributed by atoms with Gasteiger partial charge in [0.25, 0.3) is 0 Å². The molecule has 0 aromatic heterocycles. The number of likely N-dealkylation sites (N-methyl/N-ethyl adjacent to an activating group) is 1. The summed E-state index contributed by atoms with van der Waals surface area (Å²) < 4.78 is 38.6. The van der Waals surface area contributed by atoms with E-state index >= 15 is 0 Å². The molecule has 20 heavy (non-hydrogen) atoms. The number of hydrogen-bond donors (Lipinski definition) is 0. The van der Waals surface area contributed by atoms with Gasteiger partial charge in [-0.1, -0.05) is 0 Å². The lowest BCUT2D eigenvalue weighted by Crippen LogP contribution is -2.18. The maximum atomic E-state index is 12.9. The van der Waals surface area contributed by atoms with Crippen LogP contribution in [0.3, 0.4) is 0 Å². The molecule has 1 amide bonds. The Morgan fingerprint density at radius 2 is 2.10 bits per heavy atom. The molecule has 0 spiro atoms. The number of likely N-dealkylation sites (tertiary alicyclic amines) is 1. The van der Waals surface area contributed by atoms with E-state index in [1.165, 1.54) is 11.0 Å². The summed E-state index contributed by atoms with van der Waals surface area (Å²) in [6.45, 7) is 0.404. The first-order valence-electron chi connectivity index (χ1n) is 5.85. The largest absolute Gasteiger partial charge is 0.416 e. The summed E-state index contributed by atoms with van der Waals surface area (Å²) in [6.07, 6.45) is -4.26. The third-order valence-electron chi connectivity index (χ3n) is 3.25. The van der Waals surface area contributed by atoms with E-state index in [0.717, 1.165) is 12.1 Å². The van der Waals surface area contributed by atoms with Gasteiger partial charge in [-0.05, 0) is 36.0 Å². The molecule has 1 aromatic rings. The minimum absolute atomic E-state index is 0.0766. The standard InChI is InChI=1S/C13H11F3N2OS/c1-18-6-9(4-12(18)19)8-2-10(13(14,15)16)5-11(3-8)17-7-20/h2-3,5,9H,4,6H2,1H3. The molecule has 106 valence electrons. The summed E-state index contributed by atoms with van der Waals surface area (Å²) in [5.74, 6) is -0.332. The van der Waals surface area contributed by atoms with Gasteiger partial charge in [-0.2, -0.15) is 18.2 Å². The summed E-state index contributed by atoms with van der Waals surface area (Å²) >= 11 is 4.43. The van der Waals surface area contributed by atoms with Gasteiger partial charge in [-0.15, -0.1) is 0 Å². The van der Waals surface area contributed by atoms with E-state index in [-0.39, 0.29) is 23.9 Å². The van der Waals surface area contributed by atoms with Crippen molar-refractivity contribution < 1.29 is 18.0 Å². The molecule has 0 radical (unpaired) electrons. The molecule has 1 fully saturated rings. The smallest absolute Gasteiger partial charge is 0.345 e. The molecule has 1 heterocycles. The average molecular weight is 300 g/mol. The van der Waals surface area contributed by atoms with Gasteiger partial charge in [0.05, 0.1) is 16.4 Å². The summed E-state index contributed by atoms with van der Waals surface area (Å²) in [4.78, 5) is 16.6. The Kier molecular flexibility index (Phi) is 3.92. The van der Waals surface area contributed by atoms with Crippen LogP contribution >= 0.6 is 12.2 Å². The minimum atomic E-state index is -4.46. The first-order chi connectivity index (χ1) is 9.31. The molecule has 3 nitrogen and oxygen atoms in total. The van der Waals surface area contributed by atoms with Crippen molar-refractivity contribution in [3.8, 4) is 0 Å². The first kappa shape index (κ1) is 14.7. The highest BCUT2D eigenvalue weighted by atomic mass is 32.1. The molecule has 1 aromatic carbocycles. The normalized spacial score (nSPS) is 19.1. The summed E-state index contributed by atoms with van der Waals surface area (Å²) in [6, 6.07) is 3.51. The summed E-state index contributed by atoms with van der Waals surface area (Å²) in [5.41, 5.74) is -0.241. The summed E-state index contributed by atoms with van der Waals surface area (Å²) in [5, 5.41) is 2.06. The Balaban J connectivity index is 2.45. The highest BCUT2D eigenvalue weighted by Gasteiger charge is 2.34. The lowest BCUT2D eigenvalue weighted by Gasteiger charge is -2.14. The van der Waals surface area contributed by atoms with Crippen molar-refractivity contribution >= 4 is 29.0 Å². The number of benzene rings is 1. The van der Waals surface area contributed by atoms with Gasteiger partial charge in [-0.25, -0.2) is 0 Å². The average Bonchev–Trinajstić information content (AvgIpc) is 2.69.